The minimum absolute atomic E-state index is 0.524. The van der Waals surface area contributed by atoms with Crippen molar-refractivity contribution in [3.8, 4) is 0 Å². The molecule has 0 saturated heterocycles. The Balaban J connectivity index is 2.19. The van der Waals surface area contributed by atoms with Gasteiger partial charge in [-0.2, -0.15) is 0 Å². The van der Waals surface area contributed by atoms with Gasteiger partial charge in [0.1, 0.15) is 0 Å². The van der Waals surface area contributed by atoms with Crippen molar-refractivity contribution in [3.63, 3.8) is 0 Å². The Hall–Kier alpha value is -0.310. The maximum atomic E-state index is 5.28. The summed E-state index contributed by atoms with van der Waals surface area (Å²) >= 11 is 5.28. The summed E-state index contributed by atoms with van der Waals surface area (Å²) < 4.78 is 0. The highest BCUT2D eigenvalue weighted by Gasteiger charge is 2.31. The fraction of sp³-hybridized carbons (Fsp3) is 0.923. The third-order valence-corrected chi connectivity index (χ3v) is 4.14. The quantitative estimate of drug-likeness (QED) is 0.552. The molecule has 1 aliphatic rings. The average molecular weight is 242 g/mol. The van der Waals surface area contributed by atoms with Crippen LogP contribution in [0.15, 0.2) is 0 Å². The van der Waals surface area contributed by atoms with Crippen LogP contribution in [0.5, 0.6) is 0 Å². The molecule has 0 bridgehead atoms. The summed E-state index contributed by atoms with van der Waals surface area (Å²) in [7, 11) is 0. The lowest BCUT2D eigenvalue weighted by Crippen LogP contribution is -2.41. The van der Waals surface area contributed by atoms with Gasteiger partial charge in [-0.3, -0.25) is 0 Å². The molecule has 1 aliphatic carbocycles. The van der Waals surface area contributed by atoms with Gasteiger partial charge in [-0.05, 0) is 43.3 Å². The predicted molar refractivity (Wildman–Crippen MR) is 74.7 cm³/mol. The van der Waals surface area contributed by atoms with E-state index in [9.17, 15) is 0 Å². The zero-order chi connectivity index (χ0) is 11.9. The Morgan fingerprint density at radius 1 is 1.19 bits per heavy atom. The molecule has 0 aromatic rings. The molecule has 94 valence electrons. The zero-order valence-electron chi connectivity index (χ0n) is 10.8. The smallest absolute Gasteiger partial charge is 0.166 e. The van der Waals surface area contributed by atoms with Crippen molar-refractivity contribution >= 4 is 17.3 Å². The molecule has 0 aliphatic heterocycles. The molecule has 0 unspecified atom stereocenters. The number of unbranched alkanes of at least 4 members (excludes halogenated alkanes) is 1. The molecular formula is C13H26N2S. The molecule has 1 saturated carbocycles. The standard InChI is InChI=1S/C13H26N2S/c1-3-5-10-14-12(16)15-11-13(4-2)8-6-7-9-13/h3-11H2,1-2H3,(H2,14,15,16). The molecule has 0 aromatic carbocycles. The van der Waals surface area contributed by atoms with Crippen molar-refractivity contribution in [2.24, 2.45) is 5.41 Å². The molecular weight excluding hydrogens is 216 g/mol. The van der Waals surface area contributed by atoms with Crippen molar-refractivity contribution < 1.29 is 0 Å². The van der Waals surface area contributed by atoms with Crippen LogP contribution in [0.1, 0.15) is 58.8 Å². The lowest BCUT2D eigenvalue weighted by Gasteiger charge is -2.28. The van der Waals surface area contributed by atoms with Gasteiger partial charge < -0.3 is 10.6 Å². The highest BCUT2D eigenvalue weighted by Crippen LogP contribution is 2.40. The molecule has 0 atom stereocenters. The second kappa shape index (κ2) is 7.10. The van der Waals surface area contributed by atoms with Crippen LogP contribution in [0, 0.1) is 5.41 Å². The second-order valence-electron chi connectivity index (χ2n) is 5.02. The summed E-state index contributed by atoms with van der Waals surface area (Å²) in [4.78, 5) is 0. The van der Waals surface area contributed by atoms with Crippen molar-refractivity contribution in [3.05, 3.63) is 0 Å². The third-order valence-electron chi connectivity index (χ3n) is 3.85. The highest BCUT2D eigenvalue weighted by atomic mass is 32.1. The van der Waals surface area contributed by atoms with Crippen LogP contribution in [0.4, 0.5) is 0 Å². The molecule has 1 fully saturated rings. The van der Waals surface area contributed by atoms with E-state index in [0.717, 1.165) is 18.2 Å². The molecule has 3 heteroatoms. The fourth-order valence-corrected chi connectivity index (χ4v) is 2.66. The van der Waals surface area contributed by atoms with E-state index >= 15 is 0 Å². The average Bonchev–Trinajstić information content (AvgIpc) is 2.76. The van der Waals surface area contributed by atoms with E-state index in [1.165, 1.54) is 44.9 Å². The van der Waals surface area contributed by atoms with Crippen molar-refractivity contribution in [2.75, 3.05) is 13.1 Å². The molecule has 0 amide bonds. The van der Waals surface area contributed by atoms with Crippen LogP contribution in [-0.2, 0) is 0 Å². The second-order valence-corrected chi connectivity index (χ2v) is 5.43. The summed E-state index contributed by atoms with van der Waals surface area (Å²) in [6.45, 7) is 6.56. The molecule has 2 N–H and O–H groups in total. The van der Waals surface area contributed by atoms with E-state index in [-0.39, 0.29) is 0 Å². The van der Waals surface area contributed by atoms with Gasteiger partial charge in [0.05, 0.1) is 0 Å². The first-order valence-electron chi connectivity index (χ1n) is 6.74. The van der Waals surface area contributed by atoms with E-state index in [2.05, 4.69) is 24.5 Å². The molecule has 0 spiro atoms. The number of nitrogens with one attached hydrogen (secondary N) is 2. The van der Waals surface area contributed by atoms with Crippen molar-refractivity contribution in [2.45, 2.75) is 58.8 Å². The molecule has 0 aromatic heterocycles. The van der Waals surface area contributed by atoms with Crippen molar-refractivity contribution in [1.82, 2.24) is 10.6 Å². The SMILES string of the molecule is CCCCNC(=S)NCC1(CC)CCCC1. The Morgan fingerprint density at radius 2 is 1.88 bits per heavy atom. The largest absolute Gasteiger partial charge is 0.363 e. The predicted octanol–water partition coefficient (Wildman–Crippen LogP) is 3.22. The lowest BCUT2D eigenvalue weighted by molar-refractivity contribution is 0.284. The molecule has 16 heavy (non-hydrogen) atoms. The Bertz CT molecular complexity index is 210. The first-order valence-corrected chi connectivity index (χ1v) is 7.15. The maximum absolute atomic E-state index is 5.28. The van der Waals surface area contributed by atoms with Crippen LogP contribution >= 0.6 is 12.2 Å². The number of hydrogen-bond acceptors (Lipinski definition) is 1. The number of thiocarbonyl (C=S) groups is 1. The normalized spacial score (nSPS) is 18.4. The van der Waals surface area contributed by atoms with Crippen LogP contribution in [0.2, 0.25) is 0 Å². The summed E-state index contributed by atoms with van der Waals surface area (Å²) in [6.07, 6.45) is 9.21. The van der Waals surface area contributed by atoms with Crippen LogP contribution in [0.3, 0.4) is 0 Å². The first-order chi connectivity index (χ1) is 7.72. The molecule has 0 radical (unpaired) electrons. The van der Waals surface area contributed by atoms with Crippen LogP contribution < -0.4 is 10.6 Å². The van der Waals surface area contributed by atoms with E-state index in [0.29, 0.717) is 5.41 Å². The van der Waals surface area contributed by atoms with Gasteiger partial charge in [-0.15, -0.1) is 0 Å². The monoisotopic (exact) mass is 242 g/mol. The van der Waals surface area contributed by atoms with Gasteiger partial charge in [-0.1, -0.05) is 33.1 Å². The summed E-state index contributed by atoms with van der Waals surface area (Å²) in [6, 6.07) is 0. The fourth-order valence-electron chi connectivity index (χ4n) is 2.49. The first kappa shape index (κ1) is 13.8. The van der Waals surface area contributed by atoms with Gasteiger partial charge in [0.25, 0.3) is 0 Å². The topological polar surface area (TPSA) is 24.1 Å². The molecule has 2 nitrogen and oxygen atoms in total. The minimum atomic E-state index is 0.524. The van der Waals surface area contributed by atoms with Gasteiger partial charge in [0, 0.05) is 13.1 Å². The zero-order valence-corrected chi connectivity index (χ0v) is 11.6. The van der Waals surface area contributed by atoms with Gasteiger partial charge in [0.2, 0.25) is 0 Å². The Morgan fingerprint density at radius 3 is 2.44 bits per heavy atom. The van der Waals surface area contributed by atoms with E-state index in [4.69, 9.17) is 12.2 Å². The Kier molecular flexibility index (Phi) is 6.10. The highest BCUT2D eigenvalue weighted by molar-refractivity contribution is 7.80. The summed E-state index contributed by atoms with van der Waals surface area (Å²) in [5.41, 5.74) is 0.524. The summed E-state index contributed by atoms with van der Waals surface area (Å²) in [5.74, 6) is 0. The van der Waals surface area contributed by atoms with Crippen LogP contribution in [-0.4, -0.2) is 18.2 Å². The lowest BCUT2D eigenvalue weighted by atomic mass is 9.83. The van der Waals surface area contributed by atoms with E-state index in [1.807, 2.05) is 0 Å². The van der Waals surface area contributed by atoms with E-state index in [1.54, 1.807) is 0 Å². The maximum Gasteiger partial charge on any atom is 0.166 e. The van der Waals surface area contributed by atoms with Crippen molar-refractivity contribution in [1.29, 1.82) is 0 Å². The minimum Gasteiger partial charge on any atom is -0.363 e. The van der Waals surface area contributed by atoms with Crippen LogP contribution in [0.25, 0.3) is 0 Å². The Labute approximate surface area is 106 Å². The van der Waals surface area contributed by atoms with E-state index < -0.39 is 0 Å². The number of rotatable bonds is 6. The summed E-state index contributed by atoms with van der Waals surface area (Å²) in [5, 5.41) is 7.51. The van der Waals surface area contributed by atoms with Gasteiger partial charge >= 0.3 is 0 Å². The van der Waals surface area contributed by atoms with Gasteiger partial charge in [0.15, 0.2) is 5.11 Å². The third kappa shape index (κ3) is 4.28. The number of hydrogen-bond donors (Lipinski definition) is 2. The molecule has 1 rings (SSSR count). The van der Waals surface area contributed by atoms with Gasteiger partial charge in [-0.25, -0.2) is 0 Å². The molecule has 0 heterocycles.